The number of aromatic nitrogens is 1. The van der Waals surface area contributed by atoms with E-state index in [0.717, 1.165) is 17.1 Å². The number of nitrogens with zero attached hydrogens (tertiary/aromatic N) is 1. The Morgan fingerprint density at radius 3 is 2.50 bits per heavy atom. The van der Waals surface area contributed by atoms with Crippen LogP contribution >= 0.6 is 11.6 Å². The summed E-state index contributed by atoms with van der Waals surface area (Å²) in [5.74, 6) is 0. The number of hydrogen-bond acceptors (Lipinski definition) is 1. The minimum atomic E-state index is 0.0893. The van der Waals surface area contributed by atoms with Crippen LogP contribution in [-0.2, 0) is 6.54 Å². The highest BCUT2D eigenvalue weighted by atomic mass is 35.5. The third kappa shape index (κ3) is 2.65. The summed E-state index contributed by atoms with van der Waals surface area (Å²) < 4.78 is 2.13. The summed E-state index contributed by atoms with van der Waals surface area (Å²) in [7, 11) is 0. The van der Waals surface area contributed by atoms with Crippen LogP contribution < -0.4 is 5.73 Å². The molecule has 1 heterocycles. The van der Waals surface area contributed by atoms with Gasteiger partial charge in [0.25, 0.3) is 0 Å². The van der Waals surface area contributed by atoms with Crippen LogP contribution in [0.5, 0.6) is 0 Å². The lowest BCUT2D eigenvalue weighted by Crippen LogP contribution is -2.03. The van der Waals surface area contributed by atoms with E-state index in [1.807, 2.05) is 37.4 Å². The molecule has 0 aliphatic carbocycles. The summed E-state index contributed by atoms with van der Waals surface area (Å²) in [6.07, 6.45) is 4.13. The normalized spacial score (nSPS) is 12.7. The molecule has 1 aromatic carbocycles. The molecule has 0 amide bonds. The molecule has 0 saturated heterocycles. The molecule has 0 aliphatic rings. The van der Waals surface area contributed by atoms with E-state index in [0.29, 0.717) is 0 Å². The summed E-state index contributed by atoms with van der Waals surface area (Å²) in [6.45, 7) is 2.84. The third-order valence-corrected chi connectivity index (χ3v) is 2.83. The zero-order valence-electron chi connectivity index (χ0n) is 9.23. The SMILES string of the molecule is CC(N)c1ccn(Cc2ccc(Cl)cc2)c1. The summed E-state index contributed by atoms with van der Waals surface area (Å²) in [5.41, 5.74) is 8.20. The van der Waals surface area contributed by atoms with Crippen LogP contribution in [0.15, 0.2) is 42.7 Å². The average molecular weight is 235 g/mol. The second kappa shape index (κ2) is 4.73. The largest absolute Gasteiger partial charge is 0.350 e. The highest BCUT2D eigenvalue weighted by Crippen LogP contribution is 2.13. The Labute approximate surface area is 101 Å². The van der Waals surface area contributed by atoms with E-state index in [1.54, 1.807) is 0 Å². The summed E-state index contributed by atoms with van der Waals surface area (Å²) in [5, 5.41) is 0.771. The van der Waals surface area contributed by atoms with Gasteiger partial charge in [-0.1, -0.05) is 23.7 Å². The number of nitrogens with two attached hydrogens (primary N) is 1. The third-order valence-electron chi connectivity index (χ3n) is 2.58. The maximum atomic E-state index is 5.84. The fraction of sp³-hybridized carbons (Fsp3) is 0.231. The van der Waals surface area contributed by atoms with Gasteiger partial charge in [0.2, 0.25) is 0 Å². The van der Waals surface area contributed by atoms with E-state index < -0.39 is 0 Å². The lowest BCUT2D eigenvalue weighted by atomic mass is 10.2. The van der Waals surface area contributed by atoms with Crippen molar-refractivity contribution in [2.45, 2.75) is 19.5 Å². The van der Waals surface area contributed by atoms with Gasteiger partial charge < -0.3 is 10.3 Å². The number of benzene rings is 1. The zero-order chi connectivity index (χ0) is 11.5. The molecular weight excluding hydrogens is 220 g/mol. The topological polar surface area (TPSA) is 30.9 Å². The highest BCUT2D eigenvalue weighted by molar-refractivity contribution is 6.30. The van der Waals surface area contributed by atoms with Crippen molar-refractivity contribution in [2.75, 3.05) is 0 Å². The minimum absolute atomic E-state index is 0.0893. The molecule has 84 valence electrons. The molecule has 0 bridgehead atoms. The van der Waals surface area contributed by atoms with Crippen molar-refractivity contribution in [1.29, 1.82) is 0 Å². The van der Waals surface area contributed by atoms with E-state index in [4.69, 9.17) is 17.3 Å². The van der Waals surface area contributed by atoms with Gasteiger partial charge >= 0.3 is 0 Å². The van der Waals surface area contributed by atoms with Gasteiger partial charge in [0.05, 0.1) is 0 Å². The van der Waals surface area contributed by atoms with Gasteiger partial charge in [0.15, 0.2) is 0 Å². The summed E-state index contributed by atoms with van der Waals surface area (Å²) in [4.78, 5) is 0. The van der Waals surface area contributed by atoms with Crippen molar-refractivity contribution >= 4 is 11.6 Å². The molecule has 0 aliphatic heterocycles. The zero-order valence-corrected chi connectivity index (χ0v) is 9.98. The fourth-order valence-corrected chi connectivity index (χ4v) is 1.75. The van der Waals surface area contributed by atoms with Crippen molar-refractivity contribution < 1.29 is 0 Å². The monoisotopic (exact) mass is 234 g/mol. The number of halogens is 1. The first-order valence-electron chi connectivity index (χ1n) is 5.31. The van der Waals surface area contributed by atoms with Gasteiger partial charge in [-0.2, -0.15) is 0 Å². The van der Waals surface area contributed by atoms with E-state index >= 15 is 0 Å². The molecule has 2 N–H and O–H groups in total. The maximum absolute atomic E-state index is 5.84. The molecular formula is C13H15ClN2. The first-order valence-corrected chi connectivity index (χ1v) is 5.68. The molecule has 2 aromatic rings. The Kier molecular flexibility index (Phi) is 3.32. The van der Waals surface area contributed by atoms with Crippen LogP contribution in [0.1, 0.15) is 24.1 Å². The fourth-order valence-electron chi connectivity index (χ4n) is 1.63. The van der Waals surface area contributed by atoms with Crippen molar-refractivity contribution in [1.82, 2.24) is 4.57 Å². The predicted octanol–water partition coefficient (Wildman–Crippen LogP) is 3.21. The van der Waals surface area contributed by atoms with Crippen LogP contribution in [0.2, 0.25) is 5.02 Å². The molecule has 3 heteroatoms. The Balaban J connectivity index is 2.11. The standard InChI is InChI=1S/C13H15ClN2/c1-10(15)12-6-7-16(9-12)8-11-2-4-13(14)5-3-11/h2-7,9-10H,8,15H2,1H3. The van der Waals surface area contributed by atoms with Crippen molar-refractivity contribution in [3.8, 4) is 0 Å². The molecule has 16 heavy (non-hydrogen) atoms. The van der Waals surface area contributed by atoms with E-state index in [1.165, 1.54) is 5.56 Å². The Bertz CT molecular complexity index is 457. The molecule has 1 unspecified atom stereocenters. The van der Waals surface area contributed by atoms with Crippen LogP contribution in [0.4, 0.5) is 0 Å². The summed E-state index contributed by atoms with van der Waals surface area (Å²) >= 11 is 5.84. The Hall–Kier alpha value is -1.25. The first kappa shape index (κ1) is 11.2. The second-order valence-electron chi connectivity index (χ2n) is 4.03. The molecule has 0 fully saturated rings. The highest BCUT2D eigenvalue weighted by Gasteiger charge is 2.01. The lowest BCUT2D eigenvalue weighted by molar-refractivity contribution is 0.777. The van der Waals surface area contributed by atoms with E-state index in [-0.39, 0.29) is 6.04 Å². The molecule has 2 nitrogen and oxygen atoms in total. The van der Waals surface area contributed by atoms with Crippen molar-refractivity contribution in [3.05, 3.63) is 58.9 Å². The van der Waals surface area contributed by atoms with Gasteiger partial charge in [0.1, 0.15) is 0 Å². The quantitative estimate of drug-likeness (QED) is 0.869. The Morgan fingerprint density at radius 2 is 1.94 bits per heavy atom. The van der Waals surface area contributed by atoms with Crippen LogP contribution in [-0.4, -0.2) is 4.57 Å². The van der Waals surface area contributed by atoms with Crippen LogP contribution in [0.25, 0.3) is 0 Å². The second-order valence-corrected chi connectivity index (χ2v) is 4.47. The lowest BCUT2D eigenvalue weighted by Gasteiger charge is -2.04. The van der Waals surface area contributed by atoms with Crippen LogP contribution in [0.3, 0.4) is 0 Å². The molecule has 0 spiro atoms. The molecule has 0 saturated carbocycles. The van der Waals surface area contributed by atoms with E-state index in [9.17, 15) is 0 Å². The number of rotatable bonds is 3. The maximum Gasteiger partial charge on any atom is 0.0470 e. The van der Waals surface area contributed by atoms with Gasteiger partial charge in [-0.25, -0.2) is 0 Å². The molecule has 0 radical (unpaired) electrons. The predicted molar refractivity (Wildman–Crippen MR) is 67.6 cm³/mol. The molecule has 2 rings (SSSR count). The summed E-state index contributed by atoms with van der Waals surface area (Å²) in [6, 6.07) is 10.0. The molecule has 1 atom stereocenters. The van der Waals surface area contributed by atoms with Gasteiger partial charge in [-0.05, 0) is 36.2 Å². The smallest absolute Gasteiger partial charge is 0.0470 e. The number of hydrogen-bond donors (Lipinski definition) is 1. The van der Waals surface area contributed by atoms with Gasteiger partial charge in [-0.15, -0.1) is 0 Å². The van der Waals surface area contributed by atoms with Gasteiger partial charge in [-0.3, -0.25) is 0 Å². The van der Waals surface area contributed by atoms with Crippen LogP contribution in [0, 0.1) is 0 Å². The first-order chi connectivity index (χ1) is 7.65. The Morgan fingerprint density at radius 1 is 1.25 bits per heavy atom. The van der Waals surface area contributed by atoms with Crippen molar-refractivity contribution in [3.63, 3.8) is 0 Å². The van der Waals surface area contributed by atoms with E-state index in [2.05, 4.69) is 16.8 Å². The average Bonchev–Trinajstić information content (AvgIpc) is 2.70. The molecule has 1 aromatic heterocycles. The van der Waals surface area contributed by atoms with Crippen molar-refractivity contribution in [2.24, 2.45) is 5.73 Å². The minimum Gasteiger partial charge on any atom is -0.350 e. The van der Waals surface area contributed by atoms with Gasteiger partial charge in [0, 0.05) is 30.0 Å².